The van der Waals surface area contributed by atoms with Crippen molar-refractivity contribution in [2.75, 3.05) is 12.4 Å². The van der Waals surface area contributed by atoms with Crippen LogP contribution < -0.4 is 15.8 Å². The first-order valence-corrected chi connectivity index (χ1v) is 6.38. The molecule has 0 saturated carbocycles. The van der Waals surface area contributed by atoms with Crippen molar-refractivity contribution in [3.63, 3.8) is 0 Å². The Bertz CT molecular complexity index is 597. The molecule has 3 N–H and O–H groups in total. The molecule has 0 heterocycles. The molecule has 0 aliphatic carbocycles. The Balaban J connectivity index is 2.18. The fourth-order valence-corrected chi connectivity index (χ4v) is 1.94. The number of nitrogens with one attached hydrogen (secondary N) is 1. The summed E-state index contributed by atoms with van der Waals surface area (Å²) in [5.74, 6) is 0.351. The number of rotatable bonds is 4. The van der Waals surface area contributed by atoms with Gasteiger partial charge in [-0.2, -0.15) is 0 Å². The van der Waals surface area contributed by atoms with Gasteiger partial charge in [-0.1, -0.05) is 36.4 Å². The summed E-state index contributed by atoms with van der Waals surface area (Å²) in [5.41, 5.74) is 8.40. The van der Waals surface area contributed by atoms with Crippen LogP contribution in [0.3, 0.4) is 0 Å². The molecule has 2 aromatic carbocycles. The largest absolute Gasteiger partial charge is 0.495 e. The number of nitrogens with two attached hydrogens (primary N) is 1. The lowest BCUT2D eigenvalue weighted by Gasteiger charge is -2.15. The normalized spacial score (nSPS) is 11.8. The van der Waals surface area contributed by atoms with Crippen LogP contribution in [0.4, 0.5) is 5.69 Å². The van der Waals surface area contributed by atoms with Gasteiger partial charge in [-0.25, -0.2) is 0 Å². The minimum Gasteiger partial charge on any atom is -0.495 e. The van der Waals surface area contributed by atoms with E-state index in [0.717, 1.165) is 11.1 Å². The third-order valence-electron chi connectivity index (χ3n) is 3.05. The van der Waals surface area contributed by atoms with Crippen molar-refractivity contribution in [1.29, 1.82) is 0 Å². The van der Waals surface area contributed by atoms with Gasteiger partial charge in [-0.3, -0.25) is 4.79 Å². The highest BCUT2D eigenvalue weighted by molar-refractivity contribution is 5.96. The number of hydrogen-bond donors (Lipinski definition) is 2. The summed E-state index contributed by atoms with van der Waals surface area (Å²) in [5, 5.41) is 2.81. The fraction of sp³-hybridized carbons (Fsp3) is 0.188. The average Bonchev–Trinajstić information content (AvgIpc) is 2.47. The number of carbonyl (C=O) groups excluding carboxylic acids is 1. The third-order valence-corrected chi connectivity index (χ3v) is 3.05. The first-order valence-electron chi connectivity index (χ1n) is 6.38. The Morgan fingerprint density at radius 2 is 1.90 bits per heavy atom. The van der Waals surface area contributed by atoms with Crippen LogP contribution in [0.15, 0.2) is 48.5 Å². The van der Waals surface area contributed by atoms with E-state index >= 15 is 0 Å². The molecule has 0 spiro atoms. The lowest BCUT2D eigenvalue weighted by Crippen LogP contribution is -2.27. The van der Waals surface area contributed by atoms with Gasteiger partial charge in [0.05, 0.1) is 12.8 Å². The third kappa shape index (κ3) is 3.16. The Morgan fingerprint density at radius 3 is 2.55 bits per heavy atom. The van der Waals surface area contributed by atoms with E-state index in [1.165, 1.54) is 0 Å². The summed E-state index contributed by atoms with van der Waals surface area (Å²) in [6, 6.07) is 14.2. The molecule has 0 aliphatic rings. The van der Waals surface area contributed by atoms with Crippen LogP contribution >= 0.6 is 0 Å². The molecular weight excluding hydrogens is 252 g/mol. The van der Waals surface area contributed by atoms with Gasteiger partial charge in [0, 0.05) is 0 Å². The average molecular weight is 270 g/mol. The maximum absolute atomic E-state index is 12.2. The van der Waals surface area contributed by atoms with Gasteiger partial charge in [0.2, 0.25) is 5.91 Å². The van der Waals surface area contributed by atoms with Crippen molar-refractivity contribution >= 4 is 11.6 Å². The van der Waals surface area contributed by atoms with Crippen LogP contribution in [0.1, 0.15) is 17.2 Å². The highest BCUT2D eigenvalue weighted by Crippen LogP contribution is 2.26. The van der Waals surface area contributed by atoms with Crippen LogP contribution in [0.2, 0.25) is 0 Å². The molecule has 2 aromatic rings. The molecule has 0 fully saturated rings. The topological polar surface area (TPSA) is 64.3 Å². The van der Waals surface area contributed by atoms with Gasteiger partial charge in [0.25, 0.3) is 0 Å². The van der Waals surface area contributed by atoms with Crippen LogP contribution in [0.5, 0.6) is 5.75 Å². The van der Waals surface area contributed by atoms with Crippen molar-refractivity contribution in [3.05, 3.63) is 59.7 Å². The number of methoxy groups -OCH3 is 1. The maximum atomic E-state index is 12.2. The lowest BCUT2D eigenvalue weighted by atomic mass is 10.1. The molecule has 4 nitrogen and oxygen atoms in total. The van der Waals surface area contributed by atoms with Gasteiger partial charge in [0.1, 0.15) is 11.8 Å². The summed E-state index contributed by atoms with van der Waals surface area (Å²) in [6.45, 7) is 1.95. The van der Waals surface area contributed by atoms with Crippen molar-refractivity contribution in [1.82, 2.24) is 0 Å². The SMILES string of the molecule is COc1ccc(C)cc1NC(=O)[C@@H](N)c1ccccc1. The van der Waals surface area contributed by atoms with Crippen molar-refractivity contribution in [2.24, 2.45) is 5.73 Å². The summed E-state index contributed by atoms with van der Waals surface area (Å²) >= 11 is 0. The Morgan fingerprint density at radius 1 is 1.20 bits per heavy atom. The van der Waals surface area contributed by atoms with Crippen molar-refractivity contribution in [2.45, 2.75) is 13.0 Å². The minimum absolute atomic E-state index is 0.264. The van der Waals surface area contributed by atoms with Crippen molar-refractivity contribution in [3.8, 4) is 5.75 Å². The molecule has 4 heteroatoms. The Kier molecular flexibility index (Phi) is 4.38. The molecule has 2 rings (SSSR count). The lowest BCUT2D eigenvalue weighted by molar-refractivity contribution is -0.117. The van der Waals surface area contributed by atoms with E-state index in [1.807, 2.05) is 55.5 Å². The first-order chi connectivity index (χ1) is 9.61. The number of ether oxygens (including phenoxy) is 1. The van der Waals surface area contributed by atoms with Gasteiger partial charge in [0.15, 0.2) is 0 Å². The van der Waals surface area contributed by atoms with E-state index in [1.54, 1.807) is 7.11 Å². The molecule has 0 unspecified atom stereocenters. The predicted octanol–water partition coefficient (Wildman–Crippen LogP) is 2.64. The van der Waals surface area contributed by atoms with Crippen LogP contribution in [-0.2, 0) is 4.79 Å². The van der Waals surface area contributed by atoms with Crippen molar-refractivity contribution < 1.29 is 9.53 Å². The molecule has 0 radical (unpaired) electrons. The van der Waals surface area contributed by atoms with Crippen LogP contribution in [0, 0.1) is 6.92 Å². The molecule has 0 aliphatic heterocycles. The molecule has 20 heavy (non-hydrogen) atoms. The standard InChI is InChI=1S/C16H18N2O2/c1-11-8-9-14(20-2)13(10-11)18-16(19)15(17)12-6-4-3-5-7-12/h3-10,15H,17H2,1-2H3,(H,18,19)/t15-/m0/s1. The molecule has 104 valence electrons. The quantitative estimate of drug-likeness (QED) is 0.897. The van der Waals surface area contributed by atoms with Gasteiger partial charge < -0.3 is 15.8 Å². The Hall–Kier alpha value is -2.33. The molecule has 0 aromatic heterocycles. The van der Waals surface area contributed by atoms with E-state index in [2.05, 4.69) is 5.32 Å². The second-order valence-electron chi connectivity index (χ2n) is 4.58. The minimum atomic E-state index is -0.707. The zero-order valence-electron chi connectivity index (χ0n) is 11.6. The predicted molar refractivity (Wildman–Crippen MR) is 79.7 cm³/mol. The number of hydrogen-bond acceptors (Lipinski definition) is 3. The molecule has 1 atom stereocenters. The van der Waals surface area contributed by atoms with Gasteiger partial charge in [-0.15, -0.1) is 0 Å². The Labute approximate surface area is 118 Å². The van der Waals surface area contributed by atoms with E-state index in [-0.39, 0.29) is 5.91 Å². The summed E-state index contributed by atoms with van der Waals surface area (Å²) in [7, 11) is 1.57. The van der Waals surface area contributed by atoms with Crippen LogP contribution in [0.25, 0.3) is 0 Å². The second-order valence-corrected chi connectivity index (χ2v) is 4.58. The number of anilines is 1. The zero-order valence-corrected chi connectivity index (χ0v) is 11.6. The molecular formula is C16H18N2O2. The first kappa shape index (κ1) is 14.1. The number of benzene rings is 2. The highest BCUT2D eigenvalue weighted by atomic mass is 16.5. The van der Waals surface area contributed by atoms with Gasteiger partial charge >= 0.3 is 0 Å². The van der Waals surface area contributed by atoms with E-state index < -0.39 is 6.04 Å². The zero-order chi connectivity index (χ0) is 14.5. The number of aryl methyl sites for hydroxylation is 1. The molecule has 0 saturated heterocycles. The smallest absolute Gasteiger partial charge is 0.245 e. The second kappa shape index (κ2) is 6.21. The summed E-state index contributed by atoms with van der Waals surface area (Å²) < 4.78 is 5.23. The number of amides is 1. The monoisotopic (exact) mass is 270 g/mol. The summed E-state index contributed by atoms with van der Waals surface area (Å²) in [4.78, 5) is 12.2. The van der Waals surface area contributed by atoms with Crippen LogP contribution in [-0.4, -0.2) is 13.0 Å². The van der Waals surface area contributed by atoms with E-state index in [9.17, 15) is 4.79 Å². The van der Waals surface area contributed by atoms with E-state index in [4.69, 9.17) is 10.5 Å². The fourth-order valence-electron chi connectivity index (χ4n) is 1.94. The number of carbonyl (C=O) groups is 1. The van der Waals surface area contributed by atoms with Gasteiger partial charge in [-0.05, 0) is 30.2 Å². The molecule has 1 amide bonds. The molecule has 0 bridgehead atoms. The van der Waals surface area contributed by atoms with E-state index in [0.29, 0.717) is 11.4 Å². The highest BCUT2D eigenvalue weighted by Gasteiger charge is 2.17. The summed E-state index contributed by atoms with van der Waals surface area (Å²) in [6.07, 6.45) is 0. The maximum Gasteiger partial charge on any atom is 0.245 e.